The summed E-state index contributed by atoms with van der Waals surface area (Å²) in [6.07, 6.45) is 0.724. The highest BCUT2D eigenvalue weighted by Gasteiger charge is 2.36. The van der Waals surface area contributed by atoms with Crippen molar-refractivity contribution in [1.29, 1.82) is 0 Å². The molecule has 0 aliphatic carbocycles. The van der Waals surface area contributed by atoms with Crippen molar-refractivity contribution >= 4 is 17.5 Å². The topological polar surface area (TPSA) is 59.0 Å². The van der Waals surface area contributed by atoms with E-state index in [9.17, 15) is 9.90 Å². The van der Waals surface area contributed by atoms with E-state index in [1.807, 2.05) is 0 Å². The number of hydrogen-bond donors (Lipinski definition) is 1. The first-order chi connectivity index (χ1) is 9.56. The summed E-state index contributed by atoms with van der Waals surface area (Å²) in [5, 5.41) is 9.84. The molecule has 2 atom stereocenters. The Morgan fingerprint density at radius 3 is 2.90 bits per heavy atom. The van der Waals surface area contributed by atoms with Gasteiger partial charge in [-0.05, 0) is 24.6 Å². The third kappa shape index (κ3) is 3.06. The van der Waals surface area contributed by atoms with Crippen LogP contribution in [0.2, 0.25) is 5.02 Å². The van der Waals surface area contributed by atoms with Crippen molar-refractivity contribution in [3.05, 3.63) is 28.8 Å². The Bertz CT molecular complexity index is 494. The first kappa shape index (κ1) is 15.1. The highest BCUT2D eigenvalue weighted by molar-refractivity contribution is 6.33. The minimum atomic E-state index is -0.215. The number of hydrogen-bond acceptors (Lipinski definition) is 4. The second-order valence-corrected chi connectivity index (χ2v) is 5.23. The number of carbonyl (C=O) groups is 1. The van der Waals surface area contributed by atoms with Gasteiger partial charge in [0.2, 0.25) is 0 Å². The zero-order chi connectivity index (χ0) is 14.7. The Labute approximate surface area is 123 Å². The minimum absolute atomic E-state index is 0.00446. The summed E-state index contributed by atoms with van der Waals surface area (Å²) in [6, 6.07) is 4.30. The van der Waals surface area contributed by atoms with Crippen molar-refractivity contribution in [1.82, 2.24) is 4.90 Å². The van der Waals surface area contributed by atoms with Gasteiger partial charge in [-0.1, -0.05) is 11.6 Å². The van der Waals surface area contributed by atoms with E-state index in [2.05, 4.69) is 0 Å². The first-order valence-electron chi connectivity index (χ1n) is 6.38. The summed E-state index contributed by atoms with van der Waals surface area (Å²) >= 11 is 6.04. The van der Waals surface area contributed by atoms with E-state index in [-0.39, 0.29) is 23.8 Å². The number of phenolic OH excluding ortho intramolecular Hbond substituents is 1. The lowest BCUT2D eigenvalue weighted by molar-refractivity contribution is 0.0612. The number of ether oxygens (including phenoxy) is 2. The molecule has 1 saturated heterocycles. The van der Waals surface area contributed by atoms with Gasteiger partial charge in [-0.3, -0.25) is 4.79 Å². The van der Waals surface area contributed by atoms with Crippen molar-refractivity contribution in [3.8, 4) is 5.75 Å². The minimum Gasteiger partial charge on any atom is -0.508 e. The van der Waals surface area contributed by atoms with Crippen molar-refractivity contribution < 1.29 is 19.4 Å². The van der Waals surface area contributed by atoms with Crippen LogP contribution in [0.5, 0.6) is 5.75 Å². The van der Waals surface area contributed by atoms with Gasteiger partial charge >= 0.3 is 0 Å². The maximum absolute atomic E-state index is 12.6. The van der Waals surface area contributed by atoms with Crippen LogP contribution in [0.15, 0.2) is 18.2 Å². The second kappa shape index (κ2) is 6.43. The van der Waals surface area contributed by atoms with E-state index in [1.54, 1.807) is 19.1 Å². The summed E-state index contributed by atoms with van der Waals surface area (Å²) in [5.74, 6) is -0.198. The molecule has 0 radical (unpaired) electrons. The average molecular weight is 300 g/mol. The number of carbonyl (C=O) groups excluding carboxylic acids is 1. The number of methoxy groups -OCH3 is 2. The van der Waals surface area contributed by atoms with Crippen LogP contribution in [-0.4, -0.2) is 55.4 Å². The Balaban J connectivity index is 2.24. The van der Waals surface area contributed by atoms with Gasteiger partial charge in [0.1, 0.15) is 5.75 Å². The van der Waals surface area contributed by atoms with Crippen LogP contribution in [0.3, 0.4) is 0 Å². The maximum atomic E-state index is 12.6. The summed E-state index contributed by atoms with van der Waals surface area (Å²) in [4.78, 5) is 14.3. The lowest BCUT2D eigenvalue weighted by Crippen LogP contribution is -2.38. The third-order valence-corrected chi connectivity index (χ3v) is 3.84. The van der Waals surface area contributed by atoms with Crippen LogP contribution < -0.4 is 0 Å². The van der Waals surface area contributed by atoms with Crippen molar-refractivity contribution in [2.24, 2.45) is 0 Å². The standard InChI is InChI=1S/C14H18ClNO4/c1-19-8-9-5-11(20-2)7-16(9)14(18)12-6-10(17)3-4-13(12)15/h3-4,6,9,11,17H,5,7-8H2,1-2H3/t9-,11-/m0/s1. The molecule has 1 fully saturated rings. The SMILES string of the molecule is COC[C@@H]1C[C@H](OC)CN1C(=O)c1cc(O)ccc1Cl. The zero-order valence-electron chi connectivity index (χ0n) is 11.5. The third-order valence-electron chi connectivity index (χ3n) is 3.51. The first-order valence-corrected chi connectivity index (χ1v) is 6.75. The van der Waals surface area contributed by atoms with E-state index >= 15 is 0 Å². The molecule has 1 aliphatic rings. The van der Waals surface area contributed by atoms with E-state index in [0.29, 0.717) is 23.7 Å². The fourth-order valence-electron chi connectivity index (χ4n) is 2.48. The van der Waals surface area contributed by atoms with Gasteiger partial charge in [-0.2, -0.15) is 0 Å². The van der Waals surface area contributed by atoms with Crippen molar-refractivity contribution in [2.75, 3.05) is 27.4 Å². The number of phenols is 1. The van der Waals surface area contributed by atoms with Gasteiger partial charge in [-0.25, -0.2) is 0 Å². The number of aromatic hydroxyl groups is 1. The molecular weight excluding hydrogens is 282 g/mol. The number of likely N-dealkylation sites (tertiary alicyclic amines) is 1. The van der Waals surface area contributed by atoms with Crippen LogP contribution in [0.4, 0.5) is 0 Å². The van der Waals surface area contributed by atoms with E-state index < -0.39 is 0 Å². The molecule has 1 aromatic rings. The molecule has 5 nitrogen and oxygen atoms in total. The molecule has 0 unspecified atom stereocenters. The largest absolute Gasteiger partial charge is 0.508 e. The predicted octanol–water partition coefficient (Wildman–Crippen LogP) is 1.92. The molecule has 0 spiro atoms. The Hall–Kier alpha value is -1.30. The monoisotopic (exact) mass is 299 g/mol. The van der Waals surface area contributed by atoms with E-state index in [4.69, 9.17) is 21.1 Å². The highest BCUT2D eigenvalue weighted by atomic mass is 35.5. The molecule has 0 saturated carbocycles. The molecule has 1 aromatic carbocycles. The number of halogens is 1. The maximum Gasteiger partial charge on any atom is 0.255 e. The van der Waals surface area contributed by atoms with Crippen LogP contribution in [0, 0.1) is 0 Å². The average Bonchev–Trinajstić information content (AvgIpc) is 2.84. The molecule has 110 valence electrons. The Kier molecular flexibility index (Phi) is 4.86. The molecule has 6 heteroatoms. The molecule has 2 rings (SSSR count). The second-order valence-electron chi connectivity index (χ2n) is 4.82. The fraction of sp³-hybridized carbons (Fsp3) is 0.500. The Morgan fingerprint density at radius 2 is 2.25 bits per heavy atom. The van der Waals surface area contributed by atoms with Crippen LogP contribution in [-0.2, 0) is 9.47 Å². The van der Waals surface area contributed by atoms with Crippen molar-refractivity contribution in [3.63, 3.8) is 0 Å². The molecule has 20 heavy (non-hydrogen) atoms. The molecule has 0 bridgehead atoms. The van der Waals surface area contributed by atoms with Gasteiger partial charge in [0.25, 0.3) is 5.91 Å². The number of benzene rings is 1. The highest BCUT2D eigenvalue weighted by Crippen LogP contribution is 2.27. The number of nitrogens with zero attached hydrogens (tertiary/aromatic N) is 1. The van der Waals surface area contributed by atoms with Gasteiger partial charge < -0.3 is 19.5 Å². The number of rotatable bonds is 4. The van der Waals surface area contributed by atoms with E-state index in [1.165, 1.54) is 18.2 Å². The lowest BCUT2D eigenvalue weighted by atomic mass is 10.1. The molecule has 1 amide bonds. The van der Waals surface area contributed by atoms with Gasteiger partial charge in [0, 0.05) is 20.8 Å². The smallest absolute Gasteiger partial charge is 0.255 e. The zero-order valence-corrected chi connectivity index (χ0v) is 12.3. The van der Waals surface area contributed by atoms with Crippen LogP contribution >= 0.6 is 11.6 Å². The van der Waals surface area contributed by atoms with Crippen molar-refractivity contribution in [2.45, 2.75) is 18.6 Å². The van der Waals surface area contributed by atoms with E-state index in [0.717, 1.165) is 6.42 Å². The predicted molar refractivity (Wildman–Crippen MR) is 75.2 cm³/mol. The molecular formula is C14H18ClNO4. The van der Waals surface area contributed by atoms with Gasteiger partial charge in [-0.15, -0.1) is 0 Å². The summed E-state index contributed by atoms with van der Waals surface area (Å²) in [7, 11) is 3.23. The fourth-order valence-corrected chi connectivity index (χ4v) is 2.67. The summed E-state index contributed by atoms with van der Waals surface area (Å²) < 4.78 is 10.5. The lowest BCUT2D eigenvalue weighted by Gasteiger charge is -2.24. The quantitative estimate of drug-likeness (QED) is 0.923. The Morgan fingerprint density at radius 1 is 1.50 bits per heavy atom. The molecule has 0 aromatic heterocycles. The van der Waals surface area contributed by atoms with Gasteiger partial charge in [0.05, 0.1) is 29.3 Å². The van der Waals surface area contributed by atoms with Gasteiger partial charge in [0.15, 0.2) is 0 Å². The summed E-state index contributed by atoms with van der Waals surface area (Å²) in [6.45, 7) is 0.942. The normalized spacial score (nSPS) is 22.2. The molecule has 1 N–H and O–H groups in total. The number of amides is 1. The molecule has 1 heterocycles. The van der Waals surface area contributed by atoms with Crippen LogP contribution in [0.25, 0.3) is 0 Å². The molecule has 1 aliphatic heterocycles. The summed E-state index contributed by atoms with van der Waals surface area (Å²) in [5.41, 5.74) is 0.296. The van der Waals surface area contributed by atoms with Crippen LogP contribution in [0.1, 0.15) is 16.8 Å².